The Balaban J connectivity index is 1.15. The number of aromatic nitrogens is 4. The topological polar surface area (TPSA) is 33.5 Å². The molecule has 4 heteroatoms. The van der Waals surface area contributed by atoms with Gasteiger partial charge in [0, 0.05) is 68.0 Å². The Morgan fingerprint density at radius 2 is 0.900 bits per heavy atom. The summed E-state index contributed by atoms with van der Waals surface area (Å²) in [6.07, 6.45) is 8.56. The standard InChI is InChI=1S/C36H24N4/c1-6-23(19-39-21-27-10-2-12-29-33(27)35-25(17-37-29)8-4-14-31(35)39)16-24(7-1)20-40-22-28-11-3-13-30-34(28)36-26(18-38-30)9-5-15-32(36)40/h1-18,21-22H,19-20H2/q+2. The Kier molecular flexibility index (Phi) is 4.41. The zero-order chi connectivity index (χ0) is 26.2. The van der Waals surface area contributed by atoms with Gasteiger partial charge in [0.2, 0.25) is 11.0 Å². The molecule has 0 radical (unpaired) electrons. The highest BCUT2D eigenvalue weighted by molar-refractivity contribution is 6.20. The van der Waals surface area contributed by atoms with Crippen molar-refractivity contribution in [3.05, 3.63) is 133 Å². The highest BCUT2D eigenvalue weighted by Crippen LogP contribution is 2.32. The second-order valence-corrected chi connectivity index (χ2v) is 10.8. The number of rotatable bonds is 4. The molecule has 0 aliphatic rings. The minimum atomic E-state index is 0.804. The summed E-state index contributed by atoms with van der Waals surface area (Å²) in [5.41, 5.74) is 7.16. The Hall–Kier alpha value is -5.22. The van der Waals surface area contributed by atoms with Gasteiger partial charge < -0.3 is 0 Å². The van der Waals surface area contributed by atoms with E-state index in [1.165, 1.54) is 65.3 Å². The number of benzene rings is 5. The van der Waals surface area contributed by atoms with Crippen molar-refractivity contribution < 1.29 is 9.13 Å². The molecule has 40 heavy (non-hydrogen) atoms. The molecule has 0 fully saturated rings. The van der Waals surface area contributed by atoms with E-state index in [2.05, 4.69) is 119 Å². The summed E-state index contributed by atoms with van der Waals surface area (Å²) in [5, 5.41) is 9.91. The van der Waals surface area contributed by atoms with Crippen molar-refractivity contribution >= 4 is 65.2 Å². The van der Waals surface area contributed by atoms with Gasteiger partial charge in [0.15, 0.2) is 25.5 Å². The van der Waals surface area contributed by atoms with E-state index in [-0.39, 0.29) is 0 Å². The molecule has 186 valence electrons. The van der Waals surface area contributed by atoms with Crippen LogP contribution in [0.2, 0.25) is 0 Å². The van der Waals surface area contributed by atoms with Crippen molar-refractivity contribution in [3.8, 4) is 0 Å². The van der Waals surface area contributed by atoms with E-state index >= 15 is 0 Å². The fourth-order valence-corrected chi connectivity index (χ4v) is 6.68. The van der Waals surface area contributed by atoms with Crippen molar-refractivity contribution in [2.75, 3.05) is 0 Å². The molecular weight excluding hydrogens is 488 g/mol. The molecule has 4 nitrogen and oxygen atoms in total. The molecule has 5 aromatic carbocycles. The molecule has 0 aliphatic heterocycles. The summed E-state index contributed by atoms with van der Waals surface area (Å²) in [4.78, 5) is 9.42. The molecule has 9 aromatic rings. The lowest BCUT2D eigenvalue weighted by molar-refractivity contribution is -0.662. The predicted octanol–water partition coefficient (Wildman–Crippen LogP) is 6.94. The van der Waals surface area contributed by atoms with E-state index < -0.39 is 0 Å². The number of hydrogen-bond acceptors (Lipinski definition) is 2. The minimum absolute atomic E-state index is 0.804. The van der Waals surface area contributed by atoms with Gasteiger partial charge in [0.1, 0.15) is 0 Å². The van der Waals surface area contributed by atoms with Crippen LogP contribution < -0.4 is 9.13 Å². The van der Waals surface area contributed by atoms with Gasteiger partial charge in [-0.2, -0.15) is 9.13 Å². The summed E-state index contributed by atoms with van der Waals surface area (Å²) in [7, 11) is 0. The van der Waals surface area contributed by atoms with E-state index in [0.29, 0.717) is 0 Å². The first-order valence-electron chi connectivity index (χ1n) is 13.7. The molecule has 4 aromatic heterocycles. The SMILES string of the molecule is c1cc(C[n+]2cc3cccc4ncc5cccc2c5c34)cc(C[n+]2cc3cccc4ncc5cccc2c5c34)c1. The van der Waals surface area contributed by atoms with Crippen molar-refractivity contribution in [1.29, 1.82) is 0 Å². The number of pyridine rings is 4. The van der Waals surface area contributed by atoms with Crippen molar-refractivity contribution in [2.45, 2.75) is 13.1 Å². The second kappa shape index (κ2) is 8.14. The summed E-state index contributed by atoms with van der Waals surface area (Å²) >= 11 is 0. The zero-order valence-corrected chi connectivity index (χ0v) is 21.8. The van der Waals surface area contributed by atoms with Gasteiger partial charge >= 0.3 is 0 Å². The van der Waals surface area contributed by atoms with Gasteiger partial charge in [-0.3, -0.25) is 9.97 Å². The molecule has 0 atom stereocenters. The molecule has 0 aliphatic carbocycles. The van der Waals surface area contributed by atoms with Gasteiger partial charge in [0.05, 0.1) is 21.8 Å². The van der Waals surface area contributed by atoms with Crippen molar-refractivity contribution in [1.82, 2.24) is 9.97 Å². The second-order valence-electron chi connectivity index (χ2n) is 10.8. The average Bonchev–Trinajstić information content (AvgIpc) is 3.00. The van der Waals surface area contributed by atoms with Crippen LogP contribution in [-0.2, 0) is 13.1 Å². The molecule has 9 rings (SSSR count). The van der Waals surface area contributed by atoms with Crippen LogP contribution in [0.15, 0.2) is 122 Å². The van der Waals surface area contributed by atoms with E-state index in [9.17, 15) is 0 Å². The normalized spacial score (nSPS) is 12.2. The van der Waals surface area contributed by atoms with E-state index in [1.54, 1.807) is 0 Å². The smallest absolute Gasteiger partial charge is 0.214 e. The maximum Gasteiger partial charge on any atom is 0.214 e. The summed E-state index contributed by atoms with van der Waals surface area (Å²) in [5.74, 6) is 0. The number of nitrogens with zero attached hydrogens (tertiary/aromatic N) is 4. The van der Waals surface area contributed by atoms with Crippen LogP contribution in [0, 0.1) is 0 Å². The first-order valence-corrected chi connectivity index (χ1v) is 13.7. The van der Waals surface area contributed by atoms with Crippen molar-refractivity contribution in [2.24, 2.45) is 0 Å². The van der Waals surface area contributed by atoms with E-state index in [1.807, 2.05) is 12.4 Å². The molecule has 0 saturated heterocycles. The maximum atomic E-state index is 4.71. The molecule has 0 bridgehead atoms. The van der Waals surface area contributed by atoms with Gasteiger partial charge in [-0.1, -0.05) is 54.6 Å². The third-order valence-corrected chi connectivity index (χ3v) is 8.39. The van der Waals surface area contributed by atoms with Crippen LogP contribution >= 0.6 is 0 Å². The Bertz CT molecular complexity index is 2230. The van der Waals surface area contributed by atoms with Crippen LogP contribution in [0.1, 0.15) is 11.1 Å². The van der Waals surface area contributed by atoms with Crippen LogP contribution in [0.25, 0.3) is 65.2 Å². The predicted molar refractivity (Wildman–Crippen MR) is 161 cm³/mol. The monoisotopic (exact) mass is 512 g/mol. The van der Waals surface area contributed by atoms with Crippen LogP contribution in [0.5, 0.6) is 0 Å². The molecule has 0 spiro atoms. The summed E-state index contributed by atoms with van der Waals surface area (Å²) in [6, 6.07) is 34.9. The molecule has 0 unspecified atom stereocenters. The largest absolute Gasteiger partial charge is 0.256 e. The molecule has 0 amide bonds. The highest BCUT2D eigenvalue weighted by Gasteiger charge is 2.20. The third kappa shape index (κ3) is 3.13. The van der Waals surface area contributed by atoms with Gasteiger partial charge in [-0.15, -0.1) is 0 Å². The van der Waals surface area contributed by atoms with Crippen molar-refractivity contribution in [3.63, 3.8) is 0 Å². The van der Waals surface area contributed by atoms with E-state index in [4.69, 9.17) is 9.97 Å². The lowest BCUT2D eigenvalue weighted by atomic mass is 10.0. The lowest BCUT2D eigenvalue weighted by Crippen LogP contribution is -2.36. The third-order valence-electron chi connectivity index (χ3n) is 8.39. The molecular formula is C36H24N4+2. The molecule has 0 N–H and O–H groups in total. The average molecular weight is 513 g/mol. The number of hydrogen-bond donors (Lipinski definition) is 0. The quantitative estimate of drug-likeness (QED) is 0.189. The Morgan fingerprint density at radius 3 is 1.43 bits per heavy atom. The van der Waals surface area contributed by atoms with Crippen LogP contribution in [-0.4, -0.2) is 9.97 Å². The maximum absolute atomic E-state index is 4.71. The molecule has 4 heterocycles. The summed E-state index contributed by atoms with van der Waals surface area (Å²) < 4.78 is 4.78. The van der Waals surface area contributed by atoms with Gasteiger partial charge in [0.25, 0.3) is 0 Å². The fraction of sp³-hybridized carbons (Fsp3) is 0.0556. The van der Waals surface area contributed by atoms with E-state index in [0.717, 1.165) is 24.1 Å². The van der Waals surface area contributed by atoms with Crippen LogP contribution in [0.4, 0.5) is 0 Å². The minimum Gasteiger partial charge on any atom is -0.256 e. The summed E-state index contributed by atoms with van der Waals surface area (Å²) in [6.45, 7) is 1.61. The first-order chi connectivity index (χ1) is 19.8. The van der Waals surface area contributed by atoms with Gasteiger partial charge in [-0.05, 0) is 30.3 Å². The van der Waals surface area contributed by atoms with Gasteiger partial charge in [-0.25, -0.2) is 0 Å². The first kappa shape index (κ1) is 21.7. The highest BCUT2D eigenvalue weighted by atomic mass is 15.0. The van der Waals surface area contributed by atoms with Crippen LogP contribution in [0.3, 0.4) is 0 Å². The fourth-order valence-electron chi connectivity index (χ4n) is 6.68. The Morgan fingerprint density at radius 1 is 0.450 bits per heavy atom. The lowest BCUT2D eigenvalue weighted by Gasteiger charge is -2.11. The molecule has 0 saturated carbocycles. The zero-order valence-electron chi connectivity index (χ0n) is 21.8. The Labute approximate surface area is 230 Å².